The zero-order valence-corrected chi connectivity index (χ0v) is 10.9. The van der Waals surface area contributed by atoms with Crippen molar-refractivity contribution in [2.24, 2.45) is 11.8 Å². The molecule has 0 bridgehead atoms. The quantitative estimate of drug-likeness (QED) is 0.720. The summed E-state index contributed by atoms with van der Waals surface area (Å²) in [5.41, 5.74) is 0. The van der Waals surface area contributed by atoms with Crippen molar-refractivity contribution in [1.29, 1.82) is 0 Å². The van der Waals surface area contributed by atoms with Crippen LogP contribution in [-0.4, -0.2) is 45.0 Å². The summed E-state index contributed by atoms with van der Waals surface area (Å²) in [6.45, 7) is 3.40. The molecule has 3 atom stereocenters. The average Bonchev–Trinajstić information content (AvgIpc) is 2.81. The van der Waals surface area contributed by atoms with Crippen molar-refractivity contribution in [3.8, 4) is 0 Å². The van der Waals surface area contributed by atoms with Gasteiger partial charge in [-0.2, -0.15) is 0 Å². The first-order valence-corrected chi connectivity index (χ1v) is 8.01. The summed E-state index contributed by atoms with van der Waals surface area (Å²) in [4.78, 5) is 11.9. The van der Waals surface area contributed by atoms with E-state index in [-0.39, 0.29) is 35.3 Å². The Bertz CT molecular complexity index is 394. The van der Waals surface area contributed by atoms with E-state index in [1.165, 1.54) is 0 Å². The van der Waals surface area contributed by atoms with Crippen LogP contribution in [0.2, 0.25) is 0 Å². The minimum absolute atomic E-state index is 0.0352. The highest BCUT2D eigenvalue weighted by Gasteiger charge is 2.31. The standard InChI is InChI=1S/C11H20N2O3S/c1-8-10(2-4-12-8)11(14)13-6-9-3-5-17(15,16)7-9/h8-10,12H,2-7H2,1H3,(H,13,14). The van der Waals surface area contributed by atoms with Gasteiger partial charge in [0.2, 0.25) is 5.91 Å². The fraction of sp³-hybridized carbons (Fsp3) is 0.909. The predicted molar refractivity (Wildman–Crippen MR) is 65.3 cm³/mol. The molecule has 0 spiro atoms. The van der Waals surface area contributed by atoms with Gasteiger partial charge in [0.15, 0.2) is 9.84 Å². The number of hydrogen-bond donors (Lipinski definition) is 2. The average molecular weight is 260 g/mol. The monoisotopic (exact) mass is 260 g/mol. The van der Waals surface area contributed by atoms with E-state index in [2.05, 4.69) is 10.6 Å². The van der Waals surface area contributed by atoms with Crippen LogP contribution in [0.4, 0.5) is 0 Å². The van der Waals surface area contributed by atoms with Crippen LogP contribution in [0, 0.1) is 11.8 Å². The fourth-order valence-corrected chi connectivity index (χ4v) is 4.49. The van der Waals surface area contributed by atoms with Crippen LogP contribution in [0.3, 0.4) is 0 Å². The summed E-state index contributed by atoms with van der Waals surface area (Å²) in [6.07, 6.45) is 1.55. The van der Waals surface area contributed by atoms with E-state index < -0.39 is 9.84 Å². The molecule has 0 aromatic heterocycles. The zero-order chi connectivity index (χ0) is 12.5. The minimum Gasteiger partial charge on any atom is -0.355 e. The first-order valence-electron chi connectivity index (χ1n) is 6.19. The van der Waals surface area contributed by atoms with E-state index in [0.717, 1.165) is 13.0 Å². The topological polar surface area (TPSA) is 75.3 Å². The Hall–Kier alpha value is -0.620. The number of amides is 1. The van der Waals surface area contributed by atoms with E-state index in [1.54, 1.807) is 0 Å². The molecular formula is C11H20N2O3S. The number of sulfone groups is 1. The molecule has 2 aliphatic heterocycles. The molecule has 17 heavy (non-hydrogen) atoms. The maximum atomic E-state index is 11.9. The van der Waals surface area contributed by atoms with Crippen molar-refractivity contribution >= 4 is 15.7 Å². The van der Waals surface area contributed by atoms with Crippen LogP contribution in [0.25, 0.3) is 0 Å². The van der Waals surface area contributed by atoms with E-state index in [4.69, 9.17) is 0 Å². The summed E-state index contributed by atoms with van der Waals surface area (Å²) in [5.74, 6) is 0.703. The number of hydrogen-bond acceptors (Lipinski definition) is 4. The smallest absolute Gasteiger partial charge is 0.224 e. The predicted octanol–water partition coefficient (Wildman–Crippen LogP) is -0.465. The molecule has 2 fully saturated rings. The second-order valence-electron chi connectivity index (χ2n) is 5.15. The molecule has 5 nitrogen and oxygen atoms in total. The molecule has 6 heteroatoms. The van der Waals surface area contributed by atoms with Crippen LogP contribution in [0.5, 0.6) is 0 Å². The first-order chi connectivity index (χ1) is 7.98. The molecule has 2 N–H and O–H groups in total. The SMILES string of the molecule is CC1NCCC1C(=O)NCC1CCS(=O)(=O)C1. The molecule has 0 aromatic carbocycles. The normalized spacial score (nSPS) is 35.9. The Labute approximate surface area is 102 Å². The summed E-state index contributed by atoms with van der Waals surface area (Å²) < 4.78 is 22.5. The Kier molecular flexibility index (Phi) is 3.73. The molecular weight excluding hydrogens is 240 g/mol. The summed E-state index contributed by atoms with van der Waals surface area (Å²) >= 11 is 0. The molecule has 2 heterocycles. The largest absolute Gasteiger partial charge is 0.355 e. The summed E-state index contributed by atoms with van der Waals surface area (Å²) in [6, 6.07) is 0.224. The Morgan fingerprint density at radius 3 is 2.71 bits per heavy atom. The van der Waals surface area contributed by atoms with Gasteiger partial charge in [-0.15, -0.1) is 0 Å². The lowest BCUT2D eigenvalue weighted by molar-refractivity contribution is -0.125. The van der Waals surface area contributed by atoms with E-state index in [9.17, 15) is 13.2 Å². The van der Waals surface area contributed by atoms with Gasteiger partial charge < -0.3 is 10.6 Å². The van der Waals surface area contributed by atoms with Gasteiger partial charge in [0.05, 0.1) is 17.4 Å². The van der Waals surface area contributed by atoms with E-state index in [1.807, 2.05) is 6.92 Å². The molecule has 0 aromatic rings. The Morgan fingerprint density at radius 2 is 2.18 bits per heavy atom. The molecule has 2 saturated heterocycles. The van der Waals surface area contributed by atoms with Gasteiger partial charge in [0, 0.05) is 12.6 Å². The fourth-order valence-electron chi connectivity index (χ4n) is 2.63. The Balaban J connectivity index is 1.77. The third-order valence-corrected chi connectivity index (χ3v) is 5.59. The van der Waals surface area contributed by atoms with Crippen molar-refractivity contribution < 1.29 is 13.2 Å². The van der Waals surface area contributed by atoms with Crippen molar-refractivity contribution in [3.63, 3.8) is 0 Å². The van der Waals surface area contributed by atoms with Gasteiger partial charge in [0.1, 0.15) is 0 Å². The van der Waals surface area contributed by atoms with Crippen LogP contribution in [0.1, 0.15) is 19.8 Å². The van der Waals surface area contributed by atoms with Gasteiger partial charge in [0.25, 0.3) is 0 Å². The lowest BCUT2D eigenvalue weighted by Gasteiger charge is -2.16. The second kappa shape index (κ2) is 4.94. The van der Waals surface area contributed by atoms with Gasteiger partial charge in [-0.3, -0.25) is 4.79 Å². The van der Waals surface area contributed by atoms with E-state index >= 15 is 0 Å². The highest BCUT2D eigenvalue weighted by atomic mass is 32.2. The lowest BCUT2D eigenvalue weighted by atomic mass is 10.0. The minimum atomic E-state index is -2.84. The summed E-state index contributed by atoms with van der Waals surface area (Å²) in [7, 11) is -2.84. The third-order valence-electron chi connectivity index (χ3n) is 3.75. The van der Waals surface area contributed by atoms with Crippen LogP contribution >= 0.6 is 0 Å². The molecule has 2 rings (SSSR count). The number of nitrogens with one attached hydrogen (secondary N) is 2. The van der Waals surface area contributed by atoms with Crippen molar-refractivity contribution in [3.05, 3.63) is 0 Å². The number of rotatable bonds is 3. The van der Waals surface area contributed by atoms with Crippen molar-refractivity contribution in [2.75, 3.05) is 24.6 Å². The maximum Gasteiger partial charge on any atom is 0.224 e. The van der Waals surface area contributed by atoms with Gasteiger partial charge in [-0.25, -0.2) is 8.42 Å². The molecule has 0 saturated carbocycles. The summed E-state index contributed by atoms with van der Waals surface area (Å²) in [5, 5.41) is 6.13. The molecule has 3 unspecified atom stereocenters. The number of carbonyl (C=O) groups is 1. The van der Waals surface area contributed by atoms with Gasteiger partial charge in [-0.05, 0) is 32.2 Å². The second-order valence-corrected chi connectivity index (χ2v) is 7.38. The van der Waals surface area contributed by atoms with Gasteiger partial charge >= 0.3 is 0 Å². The Morgan fingerprint density at radius 1 is 1.41 bits per heavy atom. The highest BCUT2D eigenvalue weighted by Crippen LogP contribution is 2.19. The van der Waals surface area contributed by atoms with Gasteiger partial charge in [-0.1, -0.05) is 0 Å². The molecule has 98 valence electrons. The van der Waals surface area contributed by atoms with Crippen molar-refractivity contribution in [1.82, 2.24) is 10.6 Å². The number of carbonyl (C=O) groups excluding carboxylic acids is 1. The maximum absolute atomic E-state index is 11.9. The molecule has 0 aliphatic carbocycles. The molecule has 2 aliphatic rings. The highest BCUT2D eigenvalue weighted by molar-refractivity contribution is 7.91. The molecule has 1 amide bonds. The zero-order valence-electron chi connectivity index (χ0n) is 10.1. The van der Waals surface area contributed by atoms with Crippen LogP contribution in [0.15, 0.2) is 0 Å². The van der Waals surface area contributed by atoms with Crippen LogP contribution < -0.4 is 10.6 Å². The van der Waals surface area contributed by atoms with Crippen LogP contribution in [-0.2, 0) is 14.6 Å². The third kappa shape index (κ3) is 3.19. The van der Waals surface area contributed by atoms with E-state index in [0.29, 0.717) is 13.0 Å². The lowest BCUT2D eigenvalue weighted by Crippen LogP contribution is -2.39. The molecule has 0 radical (unpaired) electrons. The van der Waals surface area contributed by atoms with Crippen molar-refractivity contribution in [2.45, 2.75) is 25.8 Å². The first kappa shape index (κ1) is 12.8.